The number of nitrogens with one attached hydrogen (secondary N) is 1. The number of rotatable bonds is 5. The van der Waals surface area contributed by atoms with Crippen molar-refractivity contribution in [3.8, 4) is 0 Å². The van der Waals surface area contributed by atoms with Crippen LogP contribution in [0.4, 0.5) is 13.2 Å². The van der Waals surface area contributed by atoms with Crippen LogP contribution in [0.1, 0.15) is 46.0 Å². The van der Waals surface area contributed by atoms with E-state index in [0.717, 1.165) is 26.2 Å². The van der Waals surface area contributed by atoms with Crippen LogP contribution < -0.4 is 5.32 Å². The number of halogens is 3. The van der Waals surface area contributed by atoms with E-state index in [4.69, 9.17) is 4.74 Å². The van der Waals surface area contributed by atoms with Gasteiger partial charge in [-0.1, -0.05) is 13.3 Å². The molecule has 1 N–H and O–H groups in total. The van der Waals surface area contributed by atoms with E-state index in [9.17, 15) is 13.2 Å². The molecule has 0 aliphatic heterocycles. The van der Waals surface area contributed by atoms with Crippen molar-refractivity contribution in [3.05, 3.63) is 0 Å². The maximum Gasteiger partial charge on any atom is 0.414 e. The summed E-state index contributed by atoms with van der Waals surface area (Å²) in [4.78, 5) is 0. The second-order valence-electron chi connectivity index (χ2n) is 5.37. The number of alkyl halides is 3. The minimum Gasteiger partial charge on any atom is -0.361 e. The van der Waals surface area contributed by atoms with E-state index in [1.54, 1.807) is 7.05 Å². The third-order valence-corrected chi connectivity index (χ3v) is 3.98. The number of hydrogen-bond acceptors (Lipinski definition) is 2. The summed E-state index contributed by atoms with van der Waals surface area (Å²) in [6, 6.07) is 0. The van der Waals surface area contributed by atoms with Gasteiger partial charge in [0.15, 0.2) is 6.10 Å². The van der Waals surface area contributed by atoms with Crippen molar-refractivity contribution in [2.45, 2.75) is 63.8 Å². The van der Waals surface area contributed by atoms with Crippen LogP contribution in [0.5, 0.6) is 0 Å². The molecule has 1 saturated carbocycles. The van der Waals surface area contributed by atoms with E-state index >= 15 is 0 Å². The molecule has 0 aromatic carbocycles. The van der Waals surface area contributed by atoms with Gasteiger partial charge in [0.2, 0.25) is 0 Å². The highest BCUT2D eigenvalue weighted by atomic mass is 19.4. The van der Waals surface area contributed by atoms with Gasteiger partial charge in [-0.25, -0.2) is 0 Å². The molecule has 108 valence electrons. The minimum atomic E-state index is -4.28. The second kappa shape index (κ2) is 6.24. The summed E-state index contributed by atoms with van der Waals surface area (Å²) >= 11 is 0. The predicted molar refractivity (Wildman–Crippen MR) is 65.5 cm³/mol. The largest absolute Gasteiger partial charge is 0.414 e. The summed E-state index contributed by atoms with van der Waals surface area (Å²) in [6.45, 7) is 3.72. The second-order valence-corrected chi connectivity index (χ2v) is 5.37. The Labute approximate surface area is 107 Å². The van der Waals surface area contributed by atoms with E-state index in [0.29, 0.717) is 25.3 Å². The van der Waals surface area contributed by atoms with Crippen molar-refractivity contribution < 1.29 is 17.9 Å². The van der Waals surface area contributed by atoms with E-state index in [1.807, 2.05) is 0 Å². The van der Waals surface area contributed by atoms with Gasteiger partial charge < -0.3 is 10.1 Å². The molecule has 0 bridgehead atoms. The summed E-state index contributed by atoms with van der Waals surface area (Å²) < 4.78 is 43.2. The molecule has 1 atom stereocenters. The van der Waals surface area contributed by atoms with Crippen LogP contribution in [0, 0.1) is 5.92 Å². The average molecular weight is 267 g/mol. The van der Waals surface area contributed by atoms with Crippen LogP contribution in [-0.2, 0) is 4.74 Å². The number of ether oxygens (including phenoxy) is 1. The monoisotopic (exact) mass is 267 g/mol. The molecule has 18 heavy (non-hydrogen) atoms. The normalized spacial score (nSPS) is 31.3. The van der Waals surface area contributed by atoms with Gasteiger partial charge in [0.05, 0.1) is 5.60 Å². The first-order chi connectivity index (χ1) is 8.33. The van der Waals surface area contributed by atoms with Gasteiger partial charge in [0, 0.05) is 6.54 Å². The molecule has 1 aliphatic rings. The Hall–Kier alpha value is -0.290. The summed E-state index contributed by atoms with van der Waals surface area (Å²) in [5.74, 6) is 0.639. The molecule has 0 aromatic heterocycles. The smallest absolute Gasteiger partial charge is 0.361 e. The summed E-state index contributed by atoms with van der Waals surface area (Å²) in [7, 11) is 1.76. The van der Waals surface area contributed by atoms with Crippen LogP contribution in [0.3, 0.4) is 0 Å². The maximum absolute atomic E-state index is 12.6. The fourth-order valence-electron chi connectivity index (χ4n) is 2.71. The van der Waals surface area contributed by atoms with Crippen molar-refractivity contribution in [2.24, 2.45) is 5.92 Å². The van der Waals surface area contributed by atoms with Crippen molar-refractivity contribution in [1.82, 2.24) is 5.32 Å². The first-order valence-corrected chi connectivity index (χ1v) is 6.72. The van der Waals surface area contributed by atoms with Crippen LogP contribution in [0.25, 0.3) is 0 Å². The summed E-state index contributed by atoms with van der Waals surface area (Å²) in [5, 5.41) is 2.98. The van der Waals surface area contributed by atoms with Crippen molar-refractivity contribution in [2.75, 3.05) is 13.6 Å². The van der Waals surface area contributed by atoms with Crippen LogP contribution in [0.2, 0.25) is 0 Å². The lowest BCUT2D eigenvalue weighted by atomic mass is 9.77. The van der Waals surface area contributed by atoms with E-state index < -0.39 is 17.9 Å². The van der Waals surface area contributed by atoms with Gasteiger partial charge in [0.1, 0.15) is 0 Å². The third kappa shape index (κ3) is 4.12. The van der Waals surface area contributed by atoms with E-state index in [-0.39, 0.29) is 0 Å². The molecule has 1 unspecified atom stereocenters. The molecule has 1 aliphatic carbocycles. The van der Waals surface area contributed by atoms with Crippen molar-refractivity contribution >= 4 is 0 Å². The van der Waals surface area contributed by atoms with Gasteiger partial charge in [-0.05, 0) is 45.6 Å². The standard InChI is InChI=1S/C13H24F3NO/c1-4-11-5-7-12(8-6-11,9-17-3)18-10(2)13(14,15)16/h10-11,17H,4-9H2,1-3H3. The zero-order valence-electron chi connectivity index (χ0n) is 11.4. The highest BCUT2D eigenvalue weighted by Gasteiger charge is 2.44. The Morgan fingerprint density at radius 2 is 1.89 bits per heavy atom. The van der Waals surface area contributed by atoms with Crippen molar-refractivity contribution in [1.29, 1.82) is 0 Å². The highest BCUT2D eigenvalue weighted by molar-refractivity contribution is 4.90. The van der Waals surface area contributed by atoms with Crippen LogP contribution >= 0.6 is 0 Å². The Morgan fingerprint density at radius 3 is 2.28 bits per heavy atom. The van der Waals surface area contributed by atoms with Gasteiger partial charge >= 0.3 is 6.18 Å². The van der Waals surface area contributed by atoms with E-state index in [2.05, 4.69) is 12.2 Å². The lowest BCUT2D eigenvalue weighted by Crippen LogP contribution is -2.49. The van der Waals surface area contributed by atoms with Crippen LogP contribution in [0.15, 0.2) is 0 Å². The highest BCUT2D eigenvalue weighted by Crippen LogP contribution is 2.38. The molecule has 0 saturated heterocycles. The number of likely N-dealkylation sites (N-methyl/N-ethyl adjacent to an activating group) is 1. The minimum absolute atomic E-state index is 0.490. The first kappa shape index (κ1) is 15.8. The molecule has 2 nitrogen and oxygen atoms in total. The van der Waals surface area contributed by atoms with Crippen molar-refractivity contribution in [3.63, 3.8) is 0 Å². The topological polar surface area (TPSA) is 21.3 Å². The molecular weight excluding hydrogens is 243 g/mol. The Balaban J connectivity index is 2.65. The van der Waals surface area contributed by atoms with Gasteiger partial charge in [-0.15, -0.1) is 0 Å². The lowest BCUT2D eigenvalue weighted by molar-refractivity contribution is -0.252. The molecule has 1 rings (SSSR count). The predicted octanol–water partition coefficient (Wildman–Crippen LogP) is 3.51. The molecular formula is C13H24F3NO. The fraction of sp³-hybridized carbons (Fsp3) is 1.00. The fourth-order valence-corrected chi connectivity index (χ4v) is 2.71. The zero-order valence-corrected chi connectivity index (χ0v) is 11.4. The molecule has 0 amide bonds. The third-order valence-electron chi connectivity index (χ3n) is 3.98. The Morgan fingerprint density at radius 1 is 1.33 bits per heavy atom. The van der Waals surface area contributed by atoms with Gasteiger partial charge in [0.25, 0.3) is 0 Å². The molecule has 0 radical (unpaired) electrons. The van der Waals surface area contributed by atoms with Gasteiger partial charge in [-0.3, -0.25) is 0 Å². The van der Waals surface area contributed by atoms with Crippen LogP contribution in [-0.4, -0.2) is 31.5 Å². The summed E-state index contributed by atoms with van der Waals surface area (Å²) in [6.07, 6.45) is -1.51. The molecule has 0 heterocycles. The molecule has 0 aromatic rings. The average Bonchev–Trinajstić information content (AvgIpc) is 2.29. The molecule has 5 heteroatoms. The molecule has 0 spiro atoms. The quantitative estimate of drug-likeness (QED) is 0.823. The number of hydrogen-bond donors (Lipinski definition) is 1. The maximum atomic E-state index is 12.6. The Kier molecular flexibility index (Phi) is 5.46. The van der Waals surface area contributed by atoms with E-state index in [1.165, 1.54) is 0 Å². The SMILES string of the molecule is CCC1CCC(CNC)(OC(C)C(F)(F)F)CC1. The lowest BCUT2D eigenvalue weighted by Gasteiger charge is -2.42. The first-order valence-electron chi connectivity index (χ1n) is 6.72. The zero-order chi connectivity index (χ0) is 13.8. The van der Waals surface area contributed by atoms with Gasteiger partial charge in [-0.2, -0.15) is 13.2 Å². The summed E-state index contributed by atoms with van der Waals surface area (Å²) in [5.41, 5.74) is -0.643. The Bertz CT molecular complexity index is 247. The molecule has 1 fully saturated rings.